The Bertz CT molecular complexity index is 251. The SMILES string of the molecule is COCC(CO)NC(=O)C1(CN)CCCCCC1. The number of aliphatic hydroxyl groups is 1. The Hall–Kier alpha value is -0.650. The molecule has 1 unspecified atom stereocenters. The van der Waals surface area contributed by atoms with E-state index in [4.69, 9.17) is 10.5 Å². The first-order valence-electron chi connectivity index (χ1n) is 6.79. The van der Waals surface area contributed by atoms with Crippen LogP contribution in [0.5, 0.6) is 0 Å². The van der Waals surface area contributed by atoms with Crippen molar-refractivity contribution in [3.8, 4) is 0 Å². The molecule has 1 amide bonds. The molecule has 5 nitrogen and oxygen atoms in total. The molecule has 1 aliphatic rings. The lowest BCUT2D eigenvalue weighted by atomic mass is 9.79. The number of hydrogen-bond acceptors (Lipinski definition) is 4. The fraction of sp³-hybridized carbons (Fsp3) is 0.923. The molecule has 106 valence electrons. The van der Waals surface area contributed by atoms with Gasteiger partial charge in [-0.15, -0.1) is 0 Å². The molecule has 0 aromatic heterocycles. The maximum absolute atomic E-state index is 12.4. The zero-order valence-corrected chi connectivity index (χ0v) is 11.3. The largest absolute Gasteiger partial charge is 0.394 e. The summed E-state index contributed by atoms with van der Waals surface area (Å²) in [6.07, 6.45) is 6.16. The number of carbonyl (C=O) groups is 1. The monoisotopic (exact) mass is 258 g/mol. The maximum atomic E-state index is 12.4. The summed E-state index contributed by atoms with van der Waals surface area (Å²) in [5.74, 6) is -0.0250. The molecule has 0 aromatic rings. The predicted octanol–water partition coefficient (Wildman–Crippen LogP) is 0.409. The van der Waals surface area contributed by atoms with Crippen molar-refractivity contribution in [1.29, 1.82) is 0 Å². The quantitative estimate of drug-likeness (QED) is 0.602. The van der Waals surface area contributed by atoms with Crippen molar-refractivity contribution in [2.45, 2.75) is 44.6 Å². The van der Waals surface area contributed by atoms with Gasteiger partial charge < -0.3 is 20.9 Å². The van der Waals surface area contributed by atoms with Crippen molar-refractivity contribution >= 4 is 5.91 Å². The minimum atomic E-state index is -0.447. The summed E-state index contributed by atoms with van der Waals surface area (Å²) in [5, 5.41) is 12.1. The minimum absolute atomic E-state index is 0.0250. The molecule has 0 radical (unpaired) electrons. The van der Waals surface area contributed by atoms with Crippen LogP contribution in [-0.4, -0.2) is 43.9 Å². The number of amides is 1. The molecule has 18 heavy (non-hydrogen) atoms. The van der Waals surface area contributed by atoms with Gasteiger partial charge in [0.1, 0.15) is 0 Å². The normalized spacial score (nSPS) is 21.1. The smallest absolute Gasteiger partial charge is 0.227 e. The molecule has 1 aliphatic carbocycles. The second kappa shape index (κ2) is 7.71. The van der Waals surface area contributed by atoms with E-state index >= 15 is 0 Å². The Kier molecular flexibility index (Phi) is 6.60. The average molecular weight is 258 g/mol. The predicted molar refractivity (Wildman–Crippen MR) is 70.1 cm³/mol. The molecule has 0 heterocycles. The third kappa shape index (κ3) is 3.93. The molecule has 0 aromatic carbocycles. The number of ether oxygens (including phenoxy) is 1. The van der Waals surface area contributed by atoms with Gasteiger partial charge in [0.2, 0.25) is 5.91 Å². The number of carbonyl (C=O) groups excluding carboxylic acids is 1. The molecule has 0 spiro atoms. The van der Waals surface area contributed by atoms with Crippen LogP contribution in [0.25, 0.3) is 0 Å². The van der Waals surface area contributed by atoms with E-state index in [2.05, 4.69) is 5.32 Å². The van der Waals surface area contributed by atoms with Crippen LogP contribution in [0.1, 0.15) is 38.5 Å². The van der Waals surface area contributed by atoms with Crippen LogP contribution < -0.4 is 11.1 Å². The fourth-order valence-corrected chi connectivity index (χ4v) is 2.61. The van der Waals surface area contributed by atoms with Gasteiger partial charge in [0.05, 0.1) is 24.7 Å². The maximum Gasteiger partial charge on any atom is 0.227 e. The Balaban J connectivity index is 2.64. The standard InChI is InChI=1S/C13H26N2O3/c1-18-9-11(8-16)15-12(17)13(10-14)6-4-2-3-5-7-13/h11,16H,2-10,14H2,1H3,(H,15,17). The van der Waals surface area contributed by atoms with E-state index in [1.807, 2.05) is 0 Å². The van der Waals surface area contributed by atoms with Crippen LogP contribution in [0, 0.1) is 5.41 Å². The third-order valence-electron chi connectivity index (χ3n) is 3.86. The second-order valence-electron chi connectivity index (χ2n) is 5.21. The van der Waals surface area contributed by atoms with E-state index in [9.17, 15) is 9.90 Å². The van der Waals surface area contributed by atoms with Gasteiger partial charge in [-0.25, -0.2) is 0 Å². The van der Waals surface area contributed by atoms with E-state index in [0.29, 0.717) is 13.2 Å². The third-order valence-corrected chi connectivity index (χ3v) is 3.86. The summed E-state index contributed by atoms with van der Waals surface area (Å²) in [4.78, 5) is 12.4. The molecule has 0 saturated heterocycles. The Morgan fingerprint density at radius 3 is 2.44 bits per heavy atom. The summed E-state index contributed by atoms with van der Waals surface area (Å²) < 4.78 is 4.97. The number of nitrogens with two attached hydrogens (primary N) is 1. The first-order valence-corrected chi connectivity index (χ1v) is 6.79. The summed E-state index contributed by atoms with van der Waals surface area (Å²) in [5.41, 5.74) is 5.40. The van der Waals surface area contributed by atoms with Crippen molar-refractivity contribution in [1.82, 2.24) is 5.32 Å². The molecule has 0 aliphatic heterocycles. The zero-order chi connectivity index (χ0) is 13.4. The van der Waals surface area contributed by atoms with Crippen LogP contribution >= 0.6 is 0 Å². The molecule has 1 atom stereocenters. The zero-order valence-electron chi connectivity index (χ0n) is 11.3. The highest BCUT2D eigenvalue weighted by molar-refractivity contribution is 5.83. The summed E-state index contributed by atoms with van der Waals surface area (Å²) in [6.45, 7) is 0.590. The molecule has 4 N–H and O–H groups in total. The number of nitrogens with one attached hydrogen (secondary N) is 1. The van der Waals surface area contributed by atoms with Crippen LogP contribution in [0.3, 0.4) is 0 Å². The fourth-order valence-electron chi connectivity index (χ4n) is 2.61. The van der Waals surface area contributed by atoms with Crippen molar-refractivity contribution in [2.75, 3.05) is 26.9 Å². The summed E-state index contributed by atoms with van der Waals surface area (Å²) in [6, 6.07) is -0.339. The van der Waals surface area contributed by atoms with E-state index < -0.39 is 5.41 Å². The molecular weight excluding hydrogens is 232 g/mol. The molecule has 5 heteroatoms. The highest BCUT2D eigenvalue weighted by atomic mass is 16.5. The number of aliphatic hydroxyl groups excluding tert-OH is 1. The Morgan fingerprint density at radius 2 is 2.00 bits per heavy atom. The van der Waals surface area contributed by atoms with E-state index in [1.165, 1.54) is 12.8 Å². The van der Waals surface area contributed by atoms with E-state index in [1.54, 1.807) is 7.11 Å². The van der Waals surface area contributed by atoms with Crippen LogP contribution in [-0.2, 0) is 9.53 Å². The second-order valence-corrected chi connectivity index (χ2v) is 5.21. The van der Waals surface area contributed by atoms with Crippen LogP contribution in [0.15, 0.2) is 0 Å². The van der Waals surface area contributed by atoms with Gasteiger partial charge in [0.15, 0.2) is 0 Å². The first-order chi connectivity index (χ1) is 8.68. The van der Waals surface area contributed by atoms with Crippen molar-refractivity contribution in [2.24, 2.45) is 11.1 Å². The Labute approximate surface area is 109 Å². The van der Waals surface area contributed by atoms with Crippen molar-refractivity contribution in [3.05, 3.63) is 0 Å². The number of hydrogen-bond donors (Lipinski definition) is 3. The van der Waals surface area contributed by atoms with Crippen molar-refractivity contribution in [3.63, 3.8) is 0 Å². The van der Waals surface area contributed by atoms with E-state index in [0.717, 1.165) is 25.7 Å². The topological polar surface area (TPSA) is 84.6 Å². The lowest BCUT2D eigenvalue weighted by molar-refractivity contribution is -0.133. The molecule has 1 fully saturated rings. The average Bonchev–Trinajstić information content (AvgIpc) is 2.64. The van der Waals surface area contributed by atoms with Crippen LogP contribution in [0.4, 0.5) is 0 Å². The van der Waals surface area contributed by atoms with Crippen LogP contribution in [0.2, 0.25) is 0 Å². The van der Waals surface area contributed by atoms with Gasteiger partial charge in [-0.1, -0.05) is 25.7 Å². The van der Waals surface area contributed by atoms with Gasteiger partial charge >= 0.3 is 0 Å². The molecular formula is C13H26N2O3. The number of methoxy groups -OCH3 is 1. The van der Waals surface area contributed by atoms with Gasteiger partial charge in [0.25, 0.3) is 0 Å². The molecule has 0 bridgehead atoms. The highest BCUT2D eigenvalue weighted by Gasteiger charge is 2.37. The van der Waals surface area contributed by atoms with Gasteiger partial charge in [-0.3, -0.25) is 4.79 Å². The highest BCUT2D eigenvalue weighted by Crippen LogP contribution is 2.34. The minimum Gasteiger partial charge on any atom is -0.394 e. The Morgan fingerprint density at radius 1 is 1.39 bits per heavy atom. The van der Waals surface area contributed by atoms with Gasteiger partial charge in [0, 0.05) is 13.7 Å². The lowest BCUT2D eigenvalue weighted by Crippen LogP contribution is -2.51. The molecule has 1 rings (SSSR count). The summed E-state index contributed by atoms with van der Waals surface area (Å²) in [7, 11) is 1.55. The lowest BCUT2D eigenvalue weighted by Gasteiger charge is -2.31. The van der Waals surface area contributed by atoms with E-state index in [-0.39, 0.29) is 18.6 Å². The first kappa shape index (κ1) is 15.4. The summed E-state index contributed by atoms with van der Waals surface area (Å²) >= 11 is 0. The number of rotatable bonds is 6. The molecule has 1 saturated carbocycles. The van der Waals surface area contributed by atoms with Crippen molar-refractivity contribution < 1.29 is 14.6 Å². The van der Waals surface area contributed by atoms with Gasteiger partial charge in [-0.2, -0.15) is 0 Å². The van der Waals surface area contributed by atoms with Gasteiger partial charge in [-0.05, 0) is 12.8 Å².